The molecule has 0 radical (unpaired) electrons. The lowest BCUT2D eigenvalue weighted by atomic mass is 9.90. The number of nitrogens with zero attached hydrogens (tertiary/aromatic N) is 9. The van der Waals surface area contributed by atoms with Crippen LogP contribution in [-0.2, 0) is 27.2 Å². The molecule has 0 aliphatic carbocycles. The first kappa shape index (κ1) is 56.7. The SMILES string of the molecule is CC(C)[C@@H](C(=O)N1C[C@H](O)C[C@H]1C(=O)N[C@@H](CO)c1ccc(-c2c(F)cncc2F)cc1)n1cc(-c2ccc(CCc3c(-c4ccc(F)c5sc(N)c(C#N)c45)c(Cl)cc4c(N5CC6CCC(C5)N6)nc(OC5CCOCC5)nc34)cc2)nn1. The number of aryl methyl sites for hydroxylation is 2. The van der Waals surface area contributed by atoms with Gasteiger partial charge in [0, 0.05) is 77.9 Å². The number of hydrogen-bond donors (Lipinski definition) is 5. The van der Waals surface area contributed by atoms with Crippen molar-refractivity contribution in [3.05, 3.63) is 130 Å². The summed E-state index contributed by atoms with van der Waals surface area (Å²) in [6.45, 7) is 5.65. The molecule has 0 saturated carbocycles. The van der Waals surface area contributed by atoms with Crippen LogP contribution in [0.4, 0.5) is 24.0 Å². The van der Waals surface area contributed by atoms with Crippen LogP contribution in [0.25, 0.3) is 54.5 Å². The highest BCUT2D eigenvalue weighted by Crippen LogP contribution is 2.47. The average Bonchev–Trinajstić information content (AvgIpc) is 1.54. The number of carbonyl (C=O) groups is 2. The quantitative estimate of drug-likeness (QED) is 0.0608. The topological polar surface area (TPSA) is 243 Å². The number of nitrogens with one attached hydrogen (secondary N) is 2. The zero-order valence-corrected chi connectivity index (χ0v) is 47.5. The third-order valence-corrected chi connectivity index (χ3v) is 17.9. The van der Waals surface area contributed by atoms with Gasteiger partial charge in [-0.25, -0.2) is 17.9 Å². The van der Waals surface area contributed by atoms with Crippen LogP contribution >= 0.6 is 22.9 Å². The minimum atomic E-state index is -1.09. The largest absolute Gasteiger partial charge is 0.460 e. The molecular formula is C61H60ClF3N12O6S. The normalized spacial score (nSPS) is 19.8. The van der Waals surface area contributed by atoms with Gasteiger partial charge >= 0.3 is 6.01 Å². The summed E-state index contributed by atoms with van der Waals surface area (Å²) < 4.78 is 58.6. The molecule has 2 amide bonds. The Balaban J connectivity index is 0.818. The van der Waals surface area contributed by atoms with E-state index >= 15 is 4.39 Å². The highest BCUT2D eigenvalue weighted by atomic mass is 35.5. The lowest BCUT2D eigenvalue weighted by molar-refractivity contribution is -0.142. The van der Waals surface area contributed by atoms with Gasteiger partial charge in [0.05, 0.1) is 71.9 Å². The summed E-state index contributed by atoms with van der Waals surface area (Å²) in [5, 5.41) is 48.8. The van der Waals surface area contributed by atoms with Crippen LogP contribution in [0.3, 0.4) is 0 Å². The zero-order valence-electron chi connectivity index (χ0n) is 45.9. The van der Waals surface area contributed by atoms with Gasteiger partial charge in [0.1, 0.15) is 46.6 Å². The van der Waals surface area contributed by atoms with Crippen molar-refractivity contribution in [3.8, 4) is 45.6 Å². The summed E-state index contributed by atoms with van der Waals surface area (Å²) in [6.07, 6.45) is 6.65. The lowest BCUT2D eigenvalue weighted by Crippen LogP contribution is -2.51. The third-order valence-electron chi connectivity index (χ3n) is 16.6. The fourth-order valence-corrected chi connectivity index (χ4v) is 13.7. The van der Waals surface area contributed by atoms with Gasteiger partial charge in [0.25, 0.3) is 0 Å². The molecule has 12 rings (SSSR count). The van der Waals surface area contributed by atoms with Crippen molar-refractivity contribution in [2.24, 2.45) is 5.92 Å². The second-order valence-electron chi connectivity index (χ2n) is 22.4. The number of halogens is 4. The first-order valence-corrected chi connectivity index (χ1v) is 29.3. The van der Waals surface area contributed by atoms with E-state index in [9.17, 15) is 33.8 Å². The molecule has 4 saturated heterocycles. The van der Waals surface area contributed by atoms with E-state index in [2.05, 4.69) is 36.9 Å². The summed E-state index contributed by atoms with van der Waals surface area (Å²) in [5.74, 6) is -2.87. The number of nitrogens with two attached hydrogens (primary N) is 1. The molecule has 84 heavy (non-hydrogen) atoms. The van der Waals surface area contributed by atoms with Crippen LogP contribution in [0.2, 0.25) is 5.02 Å². The number of aromatic nitrogens is 6. The number of aliphatic hydroxyl groups is 2. The summed E-state index contributed by atoms with van der Waals surface area (Å²) in [4.78, 5) is 46.1. The molecule has 434 valence electrons. The Morgan fingerprint density at radius 2 is 1.65 bits per heavy atom. The monoisotopic (exact) mass is 1180 g/mol. The molecule has 4 aromatic heterocycles. The summed E-state index contributed by atoms with van der Waals surface area (Å²) in [7, 11) is 0. The molecule has 4 aliphatic heterocycles. The number of nitriles is 1. The van der Waals surface area contributed by atoms with Gasteiger partial charge in [0.2, 0.25) is 11.8 Å². The molecule has 8 heterocycles. The Bertz CT molecular complexity index is 3830. The number of anilines is 2. The third kappa shape index (κ3) is 11.0. The highest BCUT2D eigenvalue weighted by molar-refractivity contribution is 7.23. The molecule has 6 N–H and O–H groups in total. The lowest BCUT2D eigenvalue weighted by Gasteiger charge is -2.34. The first-order chi connectivity index (χ1) is 40.6. The predicted molar refractivity (Wildman–Crippen MR) is 312 cm³/mol. The van der Waals surface area contributed by atoms with E-state index in [1.165, 1.54) is 39.9 Å². The number of hydrogen-bond acceptors (Lipinski definition) is 16. The van der Waals surface area contributed by atoms with Crippen molar-refractivity contribution in [1.82, 2.24) is 45.5 Å². The second kappa shape index (κ2) is 23.7. The second-order valence-corrected chi connectivity index (χ2v) is 23.8. The number of ether oxygens (including phenoxy) is 2. The van der Waals surface area contributed by atoms with Crippen LogP contribution in [0, 0.1) is 34.7 Å². The number of carbonyl (C=O) groups excluding carboxylic acids is 2. The van der Waals surface area contributed by atoms with Crippen molar-refractivity contribution in [3.63, 3.8) is 0 Å². The molecule has 4 aromatic carbocycles. The molecule has 2 unspecified atom stereocenters. The molecule has 2 bridgehead atoms. The Hall–Kier alpha value is -7.78. The molecule has 4 fully saturated rings. The number of pyridine rings is 1. The maximum absolute atomic E-state index is 15.7. The van der Waals surface area contributed by atoms with Gasteiger partial charge in [-0.2, -0.15) is 15.2 Å². The van der Waals surface area contributed by atoms with Gasteiger partial charge in [-0.15, -0.1) is 16.4 Å². The predicted octanol–water partition coefficient (Wildman–Crippen LogP) is 8.65. The number of likely N-dealkylation sites (tertiary alicyclic amines) is 1. The highest BCUT2D eigenvalue weighted by Gasteiger charge is 2.43. The standard InChI is InChI=1S/C61H60ClF3N12O6S/c1-31(2)55(60(81)76-28-38(79)21-50(76)59(80)70-49(30-78)34-8-10-35(11-9-34)51-46(64)24-68-25-47(51)65)77-29-48(73-74-77)33-6-3-32(4-7-33)5-14-41-52(40-15-16-45(63)56-53(40)43(23-66)57(67)84-56)44(62)22-42-54(41)71-61(83-39-17-19-82-20-18-39)72-58(42)75-26-36-12-13-37(27-75)69-36/h3-4,6-11,15-16,22,24-25,29,31,36-39,49-50,55,69,78-79H,5,12-14,17-21,26-28,30,67H2,1-2H3,(H,70,80)/t36?,37?,38-,49+,50+,55+/m1/s1. The Labute approximate surface area is 490 Å². The summed E-state index contributed by atoms with van der Waals surface area (Å²) in [6, 6.07) is 18.8. The molecule has 0 spiro atoms. The van der Waals surface area contributed by atoms with E-state index in [4.69, 9.17) is 36.8 Å². The van der Waals surface area contributed by atoms with E-state index in [1.54, 1.807) is 12.3 Å². The molecule has 4 aliphatic rings. The van der Waals surface area contributed by atoms with Crippen LogP contribution in [0.5, 0.6) is 6.01 Å². The average molecular weight is 1180 g/mol. The van der Waals surface area contributed by atoms with E-state index in [-0.39, 0.29) is 57.4 Å². The number of nitrogen functional groups attached to an aromatic ring is 1. The van der Waals surface area contributed by atoms with Crippen LogP contribution in [-0.4, -0.2) is 127 Å². The van der Waals surface area contributed by atoms with Crippen molar-refractivity contribution in [2.45, 2.75) is 101 Å². The van der Waals surface area contributed by atoms with Gasteiger partial charge in [-0.1, -0.05) is 85.3 Å². The van der Waals surface area contributed by atoms with Crippen molar-refractivity contribution >= 4 is 66.6 Å². The number of rotatable bonds is 16. The number of β-amino-alcohol motifs (C(OH)–C–C–N with tert-alkyl or cyclic N) is 1. The number of amides is 2. The number of piperazine rings is 1. The molecule has 8 aromatic rings. The van der Waals surface area contributed by atoms with Crippen molar-refractivity contribution < 1.29 is 42.4 Å². The number of benzene rings is 4. The zero-order chi connectivity index (χ0) is 58.5. The number of fused-ring (bicyclic) bond motifs is 4. The van der Waals surface area contributed by atoms with E-state index in [0.717, 1.165) is 66.2 Å². The summed E-state index contributed by atoms with van der Waals surface area (Å²) in [5.41, 5.74) is 11.7. The Kier molecular flexibility index (Phi) is 16.0. The first-order valence-electron chi connectivity index (χ1n) is 28.1. The van der Waals surface area contributed by atoms with Gasteiger partial charge in [0.15, 0.2) is 11.6 Å². The molecule has 18 nitrogen and oxygen atoms in total. The molecule has 6 atom stereocenters. The fourth-order valence-electron chi connectivity index (χ4n) is 12.4. The maximum atomic E-state index is 15.7. The van der Waals surface area contributed by atoms with Crippen LogP contribution in [0.15, 0.2) is 85.3 Å². The van der Waals surface area contributed by atoms with E-state index in [1.807, 2.05) is 44.2 Å². The molecular weight excluding hydrogens is 1120 g/mol. The fraction of sp³-hybridized carbons (Fsp3) is 0.377. The smallest absolute Gasteiger partial charge is 0.319 e. The minimum absolute atomic E-state index is 0.0516. The van der Waals surface area contributed by atoms with Crippen molar-refractivity contribution in [1.29, 1.82) is 5.26 Å². The number of thiophene rings is 1. The number of aliphatic hydroxyl groups excluding tert-OH is 2. The molecule has 23 heteroatoms. The Morgan fingerprint density at radius 3 is 2.35 bits per heavy atom. The van der Waals surface area contributed by atoms with E-state index in [0.29, 0.717) is 101 Å². The summed E-state index contributed by atoms with van der Waals surface area (Å²) >= 11 is 8.52. The van der Waals surface area contributed by atoms with Gasteiger partial charge in [-0.05, 0) is 71.6 Å². The maximum Gasteiger partial charge on any atom is 0.319 e. The van der Waals surface area contributed by atoms with Gasteiger partial charge < -0.3 is 45.9 Å². The van der Waals surface area contributed by atoms with Crippen LogP contribution in [0.1, 0.15) is 80.3 Å². The minimum Gasteiger partial charge on any atom is -0.460 e. The van der Waals surface area contributed by atoms with Crippen molar-refractivity contribution in [2.75, 3.05) is 50.1 Å². The van der Waals surface area contributed by atoms with Gasteiger partial charge in [-0.3, -0.25) is 14.6 Å². The van der Waals surface area contributed by atoms with Crippen LogP contribution < -0.4 is 26.0 Å². The van der Waals surface area contributed by atoms with E-state index < -0.39 is 60.1 Å². The Morgan fingerprint density at radius 1 is 0.940 bits per heavy atom.